The Hall–Kier alpha value is -0.560. The van der Waals surface area contributed by atoms with Crippen molar-refractivity contribution in [1.82, 2.24) is 9.78 Å². The molecule has 2 rings (SSSR count). The molecule has 0 unspecified atom stereocenters. The predicted octanol–water partition coefficient (Wildman–Crippen LogP) is -1.58. The van der Waals surface area contributed by atoms with Gasteiger partial charge in [-0.05, 0) is 18.4 Å². The molecule has 1 aromatic carbocycles. The number of para-hydroxylation sites is 1. The standard InChI is InChI=1S/C10H12N3S.HI/c1-12-8-13(10(11-12)14-2)9-6-4-3-5-7-9;/h3-8H,1-2H3;1H/q+1;/p-1. The molecule has 0 saturated heterocycles. The molecule has 3 nitrogen and oxygen atoms in total. The van der Waals surface area contributed by atoms with Crippen LogP contribution in [0.2, 0.25) is 0 Å². The van der Waals surface area contributed by atoms with Crippen molar-refractivity contribution < 1.29 is 28.5 Å². The number of hydrogen-bond donors (Lipinski definition) is 0. The predicted molar refractivity (Wildman–Crippen MR) is 56.5 cm³/mol. The minimum atomic E-state index is 0. The molecule has 1 heterocycles. The van der Waals surface area contributed by atoms with Crippen LogP contribution in [0.1, 0.15) is 0 Å². The number of aryl methyl sites for hydroxylation is 1. The van der Waals surface area contributed by atoms with Crippen LogP contribution in [0.5, 0.6) is 0 Å². The summed E-state index contributed by atoms with van der Waals surface area (Å²) in [5, 5.41) is 5.35. The van der Waals surface area contributed by atoms with Gasteiger partial charge >= 0.3 is 5.16 Å². The first-order valence-corrected chi connectivity index (χ1v) is 5.58. The molecule has 0 atom stereocenters. The highest BCUT2D eigenvalue weighted by atomic mass is 127. The first-order chi connectivity index (χ1) is 6.81. The van der Waals surface area contributed by atoms with Gasteiger partial charge in [0.2, 0.25) is 6.33 Å². The van der Waals surface area contributed by atoms with Gasteiger partial charge in [-0.15, -0.1) is 4.68 Å². The molecular formula is C10H12IN3S. The second-order valence-corrected chi connectivity index (χ2v) is 3.75. The van der Waals surface area contributed by atoms with Crippen LogP contribution in [-0.2, 0) is 7.05 Å². The van der Waals surface area contributed by atoms with E-state index in [-0.39, 0.29) is 24.0 Å². The van der Waals surface area contributed by atoms with Crippen molar-refractivity contribution in [2.45, 2.75) is 5.16 Å². The largest absolute Gasteiger partial charge is 1.00 e. The molecule has 0 bridgehead atoms. The Morgan fingerprint density at radius 1 is 1.27 bits per heavy atom. The number of benzene rings is 1. The van der Waals surface area contributed by atoms with Crippen molar-refractivity contribution in [2.75, 3.05) is 6.26 Å². The lowest BCUT2D eigenvalue weighted by molar-refractivity contribution is -0.636. The molecule has 0 amide bonds. The van der Waals surface area contributed by atoms with Crippen molar-refractivity contribution in [3.63, 3.8) is 0 Å². The Morgan fingerprint density at radius 2 is 1.93 bits per heavy atom. The SMILES string of the molecule is CSc1nn(C)c[n+]1-c1ccccc1.[I-]. The second-order valence-electron chi connectivity index (χ2n) is 2.98. The van der Waals surface area contributed by atoms with Gasteiger partial charge in [0.05, 0.1) is 12.1 Å². The number of thioether (sulfide) groups is 1. The lowest BCUT2D eigenvalue weighted by Crippen LogP contribution is -3.00. The first-order valence-electron chi connectivity index (χ1n) is 4.36. The van der Waals surface area contributed by atoms with Crippen LogP contribution in [0, 0.1) is 0 Å². The maximum Gasteiger partial charge on any atom is 0.341 e. The number of halogens is 1. The molecule has 0 aliphatic heterocycles. The molecule has 0 radical (unpaired) electrons. The Kier molecular flexibility index (Phi) is 4.59. The van der Waals surface area contributed by atoms with Crippen LogP contribution < -0.4 is 28.5 Å². The number of aromatic nitrogens is 3. The fourth-order valence-corrected chi connectivity index (χ4v) is 1.89. The highest BCUT2D eigenvalue weighted by molar-refractivity contribution is 7.98. The van der Waals surface area contributed by atoms with E-state index in [2.05, 4.69) is 21.8 Å². The average Bonchev–Trinajstić information content (AvgIpc) is 2.61. The van der Waals surface area contributed by atoms with Crippen LogP contribution in [0.15, 0.2) is 41.8 Å². The fourth-order valence-electron chi connectivity index (χ4n) is 1.33. The zero-order valence-electron chi connectivity index (χ0n) is 8.59. The van der Waals surface area contributed by atoms with Crippen LogP contribution in [-0.4, -0.2) is 16.0 Å². The molecule has 5 heteroatoms. The summed E-state index contributed by atoms with van der Waals surface area (Å²) in [7, 11) is 1.93. The topological polar surface area (TPSA) is 21.7 Å². The van der Waals surface area contributed by atoms with Gasteiger partial charge in [0.1, 0.15) is 5.69 Å². The minimum Gasteiger partial charge on any atom is -1.00 e. The molecule has 15 heavy (non-hydrogen) atoms. The van der Waals surface area contributed by atoms with E-state index < -0.39 is 0 Å². The van der Waals surface area contributed by atoms with E-state index in [0.717, 1.165) is 10.8 Å². The summed E-state index contributed by atoms with van der Waals surface area (Å²) in [6.07, 6.45) is 4.00. The van der Waals surface area contributed by atoms with E-state index >= 15 is 0 Å². The van der Waals surface area contributed by atoms with Crippen molar-refractivity contribution >= 4 is 11.8 Å². The lowest BCUT2D eigenvalue weighted by atomic mass is 10.3. The zero-order valence-corrected chi connectivity index (χ0v) is 11.6. The molecule has 0 fully saturated rings. The molecule has 2 aromatic rings. The van der Waals surface area contributed by atoms with Gasteiger partial charge in [0.25, 0.3) is 0 Å². The van der Waals surface area contributed by atoms with Crippen molar-refractivity contribution in [2.24, 2.45) is 7.05 Å². The molecule has 0 aliphatic rings. The molecule has 80 valence electrons. The summed E-state index contributed by atoms with van der Waals surface area (Å²) < 4.78 is 3.89. The molecule has 0 spiro atoms. The Morgan fingerprint density at radius 3 is 2.53 bits per heavy atom. The Labute approximate surface area is 111 Å². The molecule has 0 N–H and O–H groups in total. The van der Waals surface area contributed by atoms with Gasteiger partial charge in [-0.2, -0.15) is 4.57 Å². The van der Waals surface area contributed by atoms with Crippen LogP contribution in [0.25, 0.3) is 5.69 Å². The summed E-state index contributed by atoms with van der Waals surface area (Å²) in [6.45, 7) is 0. The number of rotatable bonds is 2. The summed E-state index contributed by atoms with van der Waals surface area (Å²) in [6, 6.07) is 10.2. The van der Waals surface area contributed by atoms with E-state index in [1.807, 2.05) is 42.5 Å². The minimum absolute atomic E-state index is 0. The van der Waals surface area contributed by atoms with E-state index in [4.69, 9.17) is 0 Å². The van der Waals surface area contributed by atoms with Gasteiger partial charge in [-0.25, -0.2) is 0 Å². The zero-order chi connectivity index (χ0) is 9.97. The molecule has 0 aliphatic carbocycles. The van der Waals surface area contributed by atoms with Crippen molar-refractivity contribution in [1.29, 1.82) is 0 Å². The Bertz CT molecular complexity index is 427. The van der Waals surface area contributed by atoms with Crippen molar-refractivity contribution in [3.05, 3.63) is 36.7 Å². The third kappa shape index (κ3) is 2.72. The molecule has 1 aromatic heterocycles. The lowest BCUT2D eigenvalue weighted by Gasteiger charge is -1.96. The van der Waals surface area contributed by atoms with Gasteiger partial charge in [0, 0.05) is 0 Å². The quantitative estimate of drug-likeness (QED) is 0.376. The van der Waals surface area contributed by atoms with Gasteiger partial charge in [-0.3, -0.25) is 0 Å². The average molecular weight is 333 g/mol. The van der Waals surface area contributed by atoms with Crippen LogP contribution in [0.3, 0.4) is 0 Å². The van der Waals surface area contributed by atoms with Gasteiger partial charge < -0.3 is 24.0 Å². The van der Waals surface area contributed by atoms with Gasteiger partial charge in [0.15, 0.2) is 0 Å². The van der Waals surface area contributed by atoms with E-state index in [1.165, 1.54) is 0 Å². The van der Waals surface area contributed by atoms with E-state index in [0.29, 0.717) is 0 Å². The highest BCUT2D eigenvalue weighted by Crippen LogP contribution is 2.08. The normalized spacial score (nSPS) is 9.73. The monoisotopic (exact) mass is 333 g/mol. The number of nitrogens with zero attached hydrogens (tertiary/aromatic N) is 3. The molecular weight excluding hydrogens is 321 g/mol. The van der Waals surface area contributed by atoms with E-state index in [9.17, 15) is 0 Å². The molecule has 0 saturated carbocycles. The maximum absolute atomic E-state index is 4.35. The number of hydrogen-bond acceptors (Lipinski definition) is 2. The van der Waals surface area contributed by atoms with Crippen LogP contribution >= 0.6 is 11.8 Å². The summed E-state index contributed by atoms with van der Waals surface area (Å²) in [4.78, 5) is 0. The van der Waals surface area contributed by atoms with Crippen molar-refractivity contribution in [3.8, 4) is 5.69 Å². The van der Waals surface area contributed by atoms with Crippen LogP contribution in [0.4, 0.5) is 0 Å². The second kappa shape index (κ2) is 5.50. The third-order valence-electron chi connectivity index (χ3n) is 1.95. The third-order valence-corrected chi connectivity index (χ3v) is 2.59. The summed E-state index contributed by atoms with van der Waals surface area (Å²) in [5.74, 6) is 0. The highest BCUT2D eigenvalue weighted by Gasteiger charge is 2.14. The Balaban J connectivity index is 0.00000112. The summed E-state index contributed by atoms with van der Waals surface area (Å²) in [5.41, 5.74) is 1.14. The summed E-state index contributed by atoms with van der Waals surface area (Å²) >= 11 is 1.64. The fraction of sp³-hybridized carbons (Fsp3) is 0.200. The maximum atomic E-state index is 4.35. The van der Waals surface area contributed by atoms with E-state index in [1.54, 1.807) is 11.8 Å². The first kappa shape index (κ1) is 12.5. The van der Waals surface area contributed by atoms with Gasteiger partial charge in [-0.1, -0.05) is 30.0 Å². The smallest absolute Gasteiger partial charge is 0.341 e.